The molecule has 0 aromatic heterocycles. The summed E-state index contributed by atoms with van der Waals surface area (Å²) in [4.78, 5) is 0. The summed E-state index contributed by atoms with van der Waals surface area (Å²) in [7, 11) is -1.10. The molecule has 80 valence electrons. The van der Waals surface area contributed by atoms with Gasteiger partial charge in [-0.05, 0) is 11.5 Å². The largest absolute Gasteiger partial charge is 0.491 e. The molecule has 0 fully saturated rings. The fraction of sp³-hybridized carbons (Fsp3) is 0.250. The van der Waals surface area contributed by atoms with Crippen LogP contribution in [0.3, 0.4) is 0 Å². The minimum Gasteiger partial charge on any atom is -0.433 e. The molecule has 0 amide bonds. The molecule has 1 N–H and O–H groups in total. The van der Waals surface area contributed by atoms with Crippen LogP contribution in [0.1, 0.15) is 5.56 Å². The van der Waals surface area contributed by atoms with Gasteiger partial charge in [-0.15, -0.1) is 0 Å². The first-order valence-electron chi connectivity index (χ1n) is 4.15. The molecule has 15 heavy (non-hydrogen) atoms. The maximum Gasteiger partial charge on any atom is 0.491 e. The standard InChI is InChI=1S/C8H6BClF2O3/c10-6-2-1-5-4(3-14-9(5)13)7(6)15-8(11)12/h1-2,8,13H,3H2. The minimum absolute atomic E-state index is 0.0130. The van der Waals surface area contributed by atoms with Gasteiger partial charge in [0.05, 0.1) is 11.6 Å². The molecule has 3 nitrogen and oxygen atoms in total. The van der Waals surface area contributed by atoms with Crippen LogP contribution in [0.5, 0.6) is 5.75 Å². The van der Waals surface area contributed by atoms with Crippen LogP contribution in [0.2, 0.25) is 5.02 Å². The summed E-state index contributed by atoms with van der Waals surface area (Å²) in [6.45, 7) is -2.94. The number of rotatable bonds is 2. The number of fused-ring (bicyclic) bond motifs is 1. The van der Waals surface area contributed by atoms with E-state index in [1.54, 1.807) is 0 Å². The fourth-order valence-corrected chi connectivity index (χ4v) is 1.68. The summed E-state index contributed by atoms with van der Waals surface area (Å²) >= 11 is 5.70. The van der Waals surface area contributed by atoms with Crippen LogP contribution in [0, 0.1) is 0 Å². The van der Waals surface area contributed by atoms with Crippen molar-refractivity contribution in [1.29, 1.82) is 0 Å². The van der Waals surface area contributed by atoms with Gasteiger partial charge in [-0.1, -0.05) is 17.7 Å². The van der Waals surface area contributed by atoms with Crippen molar-refractivity contribution in [2.24, 2.45) is 0 Å². The van der Waals surface area contributed by atoms with Crippen molar-refractivity contribution in [2.45, 2.75) is 13.2 Å². The Morgan fingerprint density at radius 2 is 2.27 bits per heavy atom. The molecule has 0 aliphatic carbocycles. The summed E-state index contributed by atoms with van der Waals surface area (Å²) in [6, 6.07) is 2.91. The molecular formula is C8H6BClF2O3. The maximum atomic E-state index is 12.1. The van der Waals surface area contributed by atoms with Gasteiger partial charge in [0, 0.05) is 5.56 Å². The smallest absolute Gasteiger partial charge is 0.433 e. The molecule has 0 spiro atoms. The van der Waals surface area contributed by atoms with Crippen molar-refractivity contribution in [3.05, 3.63) is 22.7 Å². The van der Waals surface area contributed by atoms with E-state index in [-0.39, 0.29) is 17.4 Å². The molecule has 1 aliphatic heterocycles. The van der Waals surface area contributed by atoms with Crippen molar-refractivity contribution in [3.63, 3.8) is 0 Å². The lowest BCUT2D eigenvalue weighted by Crippen LogP contribution is -2.28. The van der Waals surface area contributed by atoms with Crippen molar-refractivity contribution in [3.8, 4) is 5.75 Å². The van der Waals surface area contributed by atoms with Gasteiger partial charge in [-0.2, -0.15) is 8.78 Å². The number of hydrogen-bond acceptors (Lipinski definition) is 3. The predicted octanol–water partition coefficient (Wildman–Crippen LogP) is 1.16. The highest BCUT2D eigenvalue weighted by Gasteiger charge is 2.31. The number of ether oxygens (including phenoxy) is 1. The third kappa shape index (κ3) is 1.93. The number of alkyl halides is 2. The summed E-state index contributed by atoms with van der Waals surface area (Å²) in [6.07, 6.45) is 0. The third-order valence-electron chi connectivity index (χ3n) is 2.11. The van der Waals surface area contributed by atoms with Crippen LogP contribution in [-0.4, -0.2) is 18.8 Å². The van der Waals surface area contributed by atoms with Gasteiger partial charge < -0.3 is 14.4 Å². The number of benzene rings is 1. The lowest BCUT2D eigenvalue weighted by Gasteiger charge is -2.10. The first kappa shape index (κ1) is 10.7. The quantitative estimate of drug-likeness (QED) is 0.781. The second-order valence-corrected chi connectivity index (χ2v) is 3.39. The summed E-state index contributed by atoms with van der Waals surface area (Å²) in [5, 5.41) is 9.40. The zero-order valence-electron chi connectivity index (χ0n) is 7.41. The second-order valence-electron chi connectivity index (χ2n) is 2.99. The molecule has 0 atom stereocenters. The second kappa shape index (κ2) is 3.96. The average molecular weight is 234 g/mol. The van der Waals surface area contributed by atoms with E-state index in [1.165, 1.54) is 12.1 Å². The molecule has 1 aromatic carbocycles. The Morgan fingerprint density at radius 3 is 2.93 bits per heavy atom. The lowest BCUT2D eigenvalue weighted by molar-refractivity contribution is -0.0505. The van der Waals surface area contributed by atoms with E-state index in [2.05, 4.69) is 4.74 Å². The van der Waals surface area contributed by atoms with Gasteiger partial charge in [0.2, 0.25) is 0 Å². The van der Waals surface area contributed by atoms with Gasteiger partial charge in [0.25, 0.3) is 0 Å². The van der Waals surface area contributed by atoms with E-state index in [0.29, 0.717) is 11.0 Å². The highest BCUT2D eigenvalue weighted by molar-refractivity contribution is 6.61. The molecular weight excluding hydrogens is 228 g/mol. The van der Waals surface area contributed by atoms with Crippen molar-refractivity contribution >= 4 is 24.2 Å². The Kier molecular flexibility index (Phi) is 2.82. The van der Waals surface area contributed by atoms with E-state index < -0.39 is 13.7 Å². The molecule has 1 heterocycles. The Labute approximate surface area is 89.7 Å². The predicted molar refractivity (Wildman–Crippen MR) is 50.5 cm³/mol. The van der Waals surface area contributed by atoms with Crippen molar-refractivity contribution in [1.82, 2.24) is 0 Å². The average Bonchev–Trinajstić information content (AvgIpc) is 2.52. The van der Waals surface area contributed by atoms with Crippen LogP contribution in [0.15, 0.2) is 12.1 Å². The first-order valence-corrected chi connectivity index (χ1v) is 4.53. The van der Waals surface area contributed by atoms with Crippen LogP contribution in [0.4, 0.5) is 8.78 Å². The lowest BCUT2D eigenvalue weighted by atomic mass is 9.79. The molecule has 0 saturated carbocycles. The van der Waals surface area contributed by atoms with Crippen LogP contribution >= 0.6 is 11.6 Å². The summed E-state index contributed by atoms with van der Waals surface area (Å²) < 4.78 is 33.3. The fourth-order valence-electron chi connectivity index (χ4n) is 1.46. The molecule has 2 rings (SSSR count). The van der Waals surface area contributed by atoms with Crippen molar-refractivity contribution < 1.29 is 23.2 Å². The minimum atomic E-state index is -2.95. The van der Waals surface area contributed by atoms with Crippen LogP contribution < -0.4 is 10.2 Å². The molecule has 7 heteroatoms. The molecule has 1 aromatic rings. The van der Waals surface area contributed by atoms with Gasteiger partial charge in [-0.3, -0.25) is 0 Å². The normalized spacial score (nSPS) is 14.6. The summed E-state index contributed by atoms with van der Waals surface area (Å²) in [5.74, 6) is -0.124. The summed E-state index contributed by atoms with van der Waals surface area (Å²) in [5.41, 5.74) is 0.783. The van der Waals surface area contributed by atoms with E-state index in [4.69, 9.17) is 16.3 Å². The Hall–Kier alpha value is -0.845. The Morgan fingerprint density at radius 1 is 1.53 bits per heavy atom. The molecule has 1 aliphatic rings. The van der Waals surface area contributed by atoms with E-state index in [1.807, 2.05) is 0 Å². The highest BCUT2D eigenvalue weighted by atomic mass is 35.5. The van der Waals surface area contributed by atoms with Gasteiger partial charge >= 0.3 is 13.7 Å². The Balaban J connectivity index is 2.44. The number of hydrogen-bond donors (Lipinski definition) is 1. The van der Waals surface area contributed by atoms with Gasteiger partial charge in [0.1, 0.15) is 5.75 Å². The molecule has 0 radical (unpaired) electrons. The topological polar surface area (TPSA) is 38.7 Å². The van der Waals surface area contributed by atoms with Crippen molar-refractivity contribution in [2.75, 3.05) is 0 Å². The monoisotopic (exact) mass is 234 g/mol. The zero-order chi connectivity index (χ0) is 11.0. The highest BCUT2D eigenvalue weighted by Crippen LogP contribution is 2.31. The SMILES string of the molecule is OB1OCc2c1ccc(Cl)c2OC(F)F. The molecule has 0 bridgehead atoms. The maximum absolute atomic E-state index is 12.1. The molecule has 0 unspecified atom stereocenters. The van der Waals surface area contributed by atoms with Gasteiger partial charge in [0.15, 0.2) is 0 Å². The zero-order valence-corrected chi connectivity index (χ0v) is 8.17. The van der Waals surface area contributed by atoms with Crippen LogP contribution in [-0.2, 0) is 11.3 Å². The van der Waals surface area contributed by atoms with E-state index >= 15 is 0 Å². The Bertz CT molecular complexity index is 388. The van der Waals surface area contributed by atoms with Crippen LogP contribution in [0.25, 0.3) is 0 Å². The number of halogens is 3. The van der Waals surface area contributed by atoms with Gasteiger partial charge in [-0.25, -0.2) is 0 Å². The van der Waals surface area contributed by atoms with E-state index in [0.717, 1.165) is 0 Å². The van der Waals surface area contributed by atoms with E-state index in [9.17, 15) is 13.8 Å². The first-order chi connectivity index (χ1) is 7.09. The molecule has 0 saturated heterocycles. The third-order valence-corrected chi connectivity index (χ3v) is 2.40.